The van der Waals surface area contributed by atoms with Crippen LogP contribution in [0, 0.1) is 17.8 Å². The van der Waals surface area contributed by atoms with Crippen molar-refractivity contribution in [3.63, 3.8) is 0 Å². The zero-order valence-electron chi connectivity index (χ0n) is 9.76. The van der Waals surface area contributed by atoms with Crippen molar-refractivity contribution >= 4 is 5.78 Å². The van der Waals surface area contributed by atoms with E-state index in [1.165, 1.54) is 0 Å². The van der Waals surface area contributed by atoms with Crippen molar-refractivity contribution in [1.82, 2.24) is 0 Å². The first kappa shape index (κ1) is 12.7. The van der Waals surface area contributed by atoms with E-state index in [0.717, 1.165) is 19.3 Å². The Morgan fingerprint density at radius 1 is 1.15 bits per heavy atom. The van der Waals surface area contributed by atoms with Crippen LogP contribution in [0.5, 0.6) is 0 Å². The van der Waals surface area contributed by atoms with Crippen LogP contribution < -0.4 is 0 Å². The van der Waals surface area contributed by atoms with Crippen LogP contribution in [0.2, 0.25) is 0 Å². The van der Waals surface area contributed by atoms with E-state index in [9.17, 15) is 4.79 Å². The van der Waals surface area contributed by atoms with Crippen LogP contribution in [-0.4, -0.2) is 5.78 Å². The van der Waals surface area contributed by atoms with Crippen molar-refractivity contribution in [2.45, 2.75) is 53.9 Å². The largest absolute Gasteiger partial charge is 0.299 e. The maximum atomic E-state index is 11.8. The van der Waals surface area contributed by atoms with Crippen LogP contribution in [0.1, 0.15) is 53.9 Å². The van der Waals surface area contributed by atoms with Gasteiger partial charge in [-0.25, -0.2) is 0 Å². The molecule has 2 atom stereocenters. The molecule has 2 unspecified atom stereocenters. The number of hydrogen-bond acceptors (Lipinski definition) is 1. The maximum Gasteiger partial charge on any atom is 0.138 e. The van der Waals surface area contributed by atoms with E-state index in [4.69, 9.17) is 0 Å². The molecule has 0 aromatic heterocycles. The minimum Gasteiger partial charge on any atom is -0.299 e. The second-order valence-corrected chi connectivity index (χ2v) is 4.34. The zero-order chi connectivity index (χ0) is 10.4. The minimum absolute atomic E-state index is 0.200. The van der Waals surface area contributed by atoms with Gasteiger partial charge in [-0.2, -0.15) is 0 Å². The molecule has 0 N–H and O–H groups in total. The predicted octanol–water partition coefficient (Wildman–Crippen LogP) is 3.67. The standard InChI is InChI=1S/C12H24O/c1-6-8-11(10(5)7-2)12(13)9(3)4/h9-11H,6-8H2,1-5H3. The fourth-order valence-corrected chi connectivity index (χ4v) is 1.73. The Balaban J connectivity index is 4.31. The van der Waals surface area contributed by atoms with E-state index in [-0.39, 0.29) is 5.92 Å². The third-order valence-corrected chi connectivity index (χ3v) is 2.87. The molecule has 1 heteroatoms. The predicted molar refractivity (Wildman–Crippen MR) is 57.7 cm³/mol. The van der Waals surface area contributed by atoms with E-state index in [2.05, 4.69) is 20.8 Å². The Hall–Kier alpha value is -0.330. The van der Waals surface area contributed by atoms with Gasteiger partial charge in [-0.15, -0.1) is 0 Å². The Morgan fingerprint density at radius 2 is 1.69 bits per heavy atom. The molecule has 0 radical (unpaired) electrons. The van der Waals surface area contributed by atoms with E-state index in [0.29, 0.717) is 17.6 Å². The lowest BCUT2D eigenvalue weighted by Crippen LogP contribution is -2.25. The highest BCUT2D eigenvalue weighted by Gasteiger charge is 2.24. The van der Waals surface area contributed by atoms with Crippen LogP contribution in [0.25, 0.3) is 0 Å². The number of ketones is 1. The highest BCUT2D eigenvalue weighted by atomic mass is 16.1. The van der Waals surface area contributed by atoms with Gasteiger partial charge in [-0.3, -0.25) is 4.79 Å². The van der Waals surface area contributed by atoms with Gasteiger partial charge in [0, 0.05) is 11.8 Å². The lowest BCUT2D eigenvalue weighted by molar-refractivity contribution is -0.127. The van der Waals surface area contributed by atoms with Gasteiger partial charge < -0.3 is 0 Å². The third kappa shape index (κ3) is 3.93. The number of Topliss-reactive ketones (excluding diaryl/α,β-unsaturated/α-hetero) is 1. The van der Waals surface area contributed by atoms with Crippen LogP contribution >= 0.6 is 0 Å². The molecule has 13 heavy (non-hydrogen) atoms. The number of rotatable bonds is 6. The summed E-state index contributed by atoms with van der Waals surface area (Å²) in [4.78, 5) is 11.8. The molecular weight excluding hydrogens is 160 g/mol. The van der Waals surface area contributed by atoms with Gasteiger partial charge in [0.25, 0.3) is 0 Å². The van der Waals surface area contributed by atoms with Gasteiger partial charge in [-0.1, -0.05) is 47.5 Å². The lowest BCUT2D eigenvalue weighted by Gasteiger charge is -2.22. The van der Waals surface area contributed by atoms with Crippen LogP contribution in [0.4, 0.5) is 0 Å². The summed E-state index contributed by atoms with van der Waals surface area (Å²) in [5.41, 5.74) is 0. The van der Waals surface area contributed by atoms with Gasteiger partial charge >= 0.3 is 0 Å². The normalized spacial score (nSPS) is 15.8. The van der Waals surface area contributed by atoms with Gasteiger partial charge in [-0.05, 0) is 12.3 Å². The molecule has 0 saturated carbocycles. The molecule has 0 aromatic rings. The van der Waals surface area contributed by atoms with Crippen molar-refractivity contribution in [3.8, 4) is 0 Å². The molecule has 1 nitrogen and oxygen atoms in total. The number of hydrogen-bond donors (Lipinski definition) is 0. The SMILES string of the molecule is CCCC(C(=O)C(C)C)C(C)CC. The van der Waals surface area contributed by atoms with Crippen molar-refractivity contribution < 1.29 is 4.79 Å². The Morgan fingerprint density at radius 3 is 2.00 bits per heavy atom. The summed E-state index contributed by atoms with van der Waals surface area (Å²) in [6.45, 7) is 10.5. The van der Waals surface area contributed by atoms with Crippen molar-refractivity contribution in [3.05, 3.63) is 0 Å². The van der Waals surface area contributed by atoms with E-state index in [1.807, 2.05) is 13.8 Å². The topological polar surface area (TPSA) is 17.1 Å². The fraction of sp³-hybridized carbons (Fsp3) is 0.917. The van der Waals surface area contributed by atoms with E-state index >= 15 is 0 Å². The molecule has 0 aromatic carbocycles. The van der Waals surface area contributed by atoms with E-state index in [1.54, 1.807) is 0 Å². The third-order valence-electron chi connectivity index (χ3n) is 2.87. The Kier molecular flexibility index (Phi) is 6.02. The molecule has 0 amide bonds. The molecule has 0 heterocycles. The molecule has 0 rings (SSSR count). The quantitative estimate of drug-likeness (QED) is 0.615. The van der Waals surface area contributed by atoms with Gasteiger partial charge in [0.2, 0.25) is 0 Å². The average Bonchev–Trinajstić information content (AvgIpc) is 2.11. The summed E-state index contributed by atoms with van der Waals surface area (Å²) in [6.07, 6.45) is 3.29. The van der Waals surface area contributed by atoms with Crippen molar-refractivity contribution in [1.29, 1.82) is 0 Å². The first-order chi connectivity index (χ1) is 6.04. The molecule has 0 aliphatic rings. The van der Waals surface area contributed by atoms with Gasteiger partial charge in [0.05, 0.1) is 0 Å². The molecule has 78 valence electrons. The fourth-order valence-electron chi connectivity index (χ4n) is 1.73. The second kappa shape index (κ2) is 6.17. The molecule has 0 saturated heterocycles. The van der Waals surface area contributed by atoms with Crippen molar-refractivity contribution in [2.75, 3.05) is 0 Å². The number of carbonyl (C=O) groups excluding carboxylic acids is 1. The molecular formula is C12H24O. The van der Waals surface area contributed by atoms with Crippen molar-refractivity contribution in [2.24, 2.45) is 17.8 Å². The van der Waals surface area contributed by atoms with Crippen LogP contribution in [-0.2, 0) is 4.79 Å². The Bertz CT molecular complexity index is 149. The molecule has 0 bridgehead atoms. The smallest absolute Gasteiger partial charge is 0.138 e. The monoisotopic (exact) mass is 184 g/mol. The van der Waals surface area contributed by atoms with Crippen LogP contribution in [0.3, 0.4) is 0 Å². The number of carbonyl (C=O) groups is 1. The molecule has 0 spiro atoms. The van der Waals surface area contributed by atoms with Crippen LogP contribution in [0.15, 0.2) is 0 Å². The minimum atomic E-state index is 0.200. The van der Waals surface area contributed by atoms with Gasteiger partial charge in [0.15, 0.2) is 0 Å². The average molecular weight is 184 g/mol. The summed E-state index contributed by atoms with van der Waals surface area (Å²) in [7, 11) is 0. The molecule has 0 aliphatic heterocycles. The van der Waals surface area contributed by atoms with E-state index < -0.39 is 0 Å². The summed E-state index contributed by atoms with van der Waals surface area (Å²) in [5, 5.41) is 0. The highest BCUT2D eigenvalue weighted by Crippen LogP contribution is 2.24. The Labute approximate surface area is 82.9 Å². The summed E-state index contributed by atoms with van der Waals surface area (Å²) in [6, 6.07) is 0. The lowest BCUT2D eigenvalue weighted by atomic mass is 9.81. The maximum absolute atomic E-state index is 11.8. The first-order valence-corrected chi connectivity index (χ1v) is 5.58. The molecule has 0 fully saturated rings. The zero-order valence-corrected chi connectivity index (χ0v) is 9.76. The van der Waals surface area contributed by atoms with Gasteiger partial charge in [0.1, 0.15) is 5.78 Å². The molecule has 0 aliphatic carbocycles. The summed E-state index contributed by atoms with van der Waals surface area (Å²) >= 11 is 0. The summed E-state index contributed by atoms with van der Waals surface area (Å²) < 4.78 is 0. The summed E-state index contributed by atoms with van der Waals surface area (Å²) in [5.74, 6) is 1.51. The second-order valence-electron chi connectivity index (χ2n) is 4.34. The first-order valence-electron chi connectivity index (χ1n) is 5.58. The highest BCUT2D eigenvalue weighted by molar-refractivity contribution is 5.83.